The summed E-state index contributed by atoms with van der Waals surface area (Å²) < 4.78 is 5.31. The van der Waals surface area contributed by atoms with Gasteiger partial charge in [-0.25, -0.2) is 0 Å². The van der Waals surface area contributed by atoms with Crippen molar-refractivity contribution in [2.45, 2.75) is 38.6 Å². The van der Waals surface area contributed by atoms with Gasteiger partial charge in [0.25, 0.3) is 5.91 Å². The number of rotatable bonds is 3. The molecule has 0 spiro atoms. The second-order valence-electron chi connectivity index (χ2n) is 5.76. The highest BCUT2D eigenvalue weighted by molar-refractivity contribution is 5.91. The molecular weight excluding hydrogens is 256 g/mol. The first-order valence-electron chi connectivity index (χ1n) is 7.29. The molecule has 0 atom stereocenters. The number of nitrogens with zero attached hydrogens (tertiary/aromatic N) is 1. The van der Waals surface area contributed by atoms with E-state index in [1.54, 1.807) is 12.1 Å². The summed E-state index contributed by atoms with van der Waals surface area (Å²) in [5, 5.41) is 2.98. The molecule has 1 aromatic rings. The lowest BCUT2D eigenvalue weighted by atomic mass is 10.0. The third-order valence-corrected chi connectivity index (χ3v) is 4.03. The van der Waals surface area contributed by atoms with Crippen LogP contribution in [-0.4, -0.2) is 35.8 Å². The molecule has 2 amide bonds. The first-order chi connectivity index (χ1) is 9.63. The lowest BCUT2D eigenvalue weighted by Gasteiger charge is -2.32. The summed E-state index contributed by atoms with van der Waals surface area (Å²) in [5.41, 5.74) is 0. The summed E-state index contributed by atoms with van der Waals surface area (Å²) in [6.45, 7) is 3.31. The van der Waals surface area contributed by atoms with Crippen LogP contribution in [0.3, 0.4) is 0 Å². The number of furan rings is 1. The van der Waals surface area contributed by atoms with Gasteiger partial charge in [-0.15, -0.1) is 0 Å². The smallest absolute Gasteiger partial charge is 0.287 e. The van der Waals surface area contributed by atoms with Gasteiger partial charge in [-0.3, -0.25) is 9.59 Å². The van der Waals surface area contributed by atoms with E-state index in [4.69, 9.17) is 4.42 Å². The van der Waals surface area contributed by atoms with Gasteiger partial charge in [0.15, 0.2) is 5.76 Å². The van der Waals surface area contributed by atoms with Crippen LogP contribution in [0.2, 0.25) is 0 Å². The Hall–Kier alpha value is -1.78. The molecule has 1 saturated heterocycles. The van der Waals surface area contributed by atoms with Gasteiger partial charge in [0.05, 0.1) is 0 Å². The van der Waals surface area contributed by atoms with Gasteiger partial charge in [-0.05, 0) is 44.7 Å². The lowest BCUT2D eigenvalue weighted by Crippen LogP contribution is -2.46. The predicted molar refractivity (Wildman–Crippen MR) is 73.2 cm³/mol. The van der Waals surface area contributed by atoms with Gasteiger partial charge in [0.1, 0.15) is 5.76 Å². The molecule has 0 radical (unpaired) electrons. The van der Waals surface area contributed by atoms with Crippen molar-refractivity contribution in [1.29, 1.82) is 0 Å². The monoisotopic (exact) mass is 276 g/mol. The average Bonchev–Trinajstić information content (AvgIpc) is 3.20. The molecule has 1 N–H and O–H groups in total. The van der Waals surface area contributed by atoms with E-state index in [0.29, 0.717) is 11.7 Å². The van der Waals surface area contributed by atoms with E-state index in [9.17, 15) is 9.59 Å². The highest BCUT2D eigenvalue weighted by Crippen LogP contribution is 2.31. The Morgan fingerprint density at radius 2 is 1.90 bits per heavy atom. The molecule has 0 aromatic carbocycles. The Balaban J connectivity index is 1.48. The molecule has 1 aliphatic heterocycles. The minimum Gasteiger partial charge on any atom is -0.456 e. The van der Waals surface area contributed by atoms with Crippen molar-refractivity contribution in [3.63, 3.8) is 0 Å². The molecule has 0 unspecified atom stereocenters. The first-order valence-corrected chi connectivity index (χ1v) is 7.29. The van der Waals surface area contributed by atoms with E-state index >= 15 is 0 Å². The number of nitrogens with one attached hydrogen (secondary N) is 1. The molecular formula is C15H20N2O3. The van der Waals surface area contributed by atoms with Gasteiger partial charge in [-0.1, -0.05) is 0 Å². The van der Waals surface area contributed by atoms with E-state index in [0.717, 1.165) is 44.5 Å². The molecule has 20 heavy (non-hydrogen) atoms. The van der Waals surface area contributed by atoms with Crippen molar-refractivity contribution >= 4 is 11.8 Å². The van der Waals surface area contributed by atoms with Crippen molar-refractivity contribution in [1.82, 2.24) is 10.2 Å². The molecule has 5 nitrogen and oxygen atoms in total. The molecule has 108 valence electrons. The van der Waals surface area contributed by atoms with Crippen LogP contribution in [-0.2, 0) is 4.79 Å². The van der Waals surface area contributed by atoms with Gasteiger partial charge in [0, 0.05) is 25.0 Å². The Morgan fingerprint density at radius 1 is 1.20 bits per heavy atom. The van der Waals surface area contributed by atoms with Crippen molar-refractivity contribution in [2.24, 2.45) is 5.92 Å². The Kier molecular flexibility index (Phi) is 3.51. The summed E-state index contributed by atoms with van der Waals surface area (Å²) in [5.74, 6) is 1.52. The molecule has 3 rings (SSSR count). The fourth-order valence-electron chi connectivity index (χ4n) is 2.65. The zero-order valence-electron chi connectivity index (χ0n) is 11.7. The second kappa shape index (κ2) is 5.31. The molecule has 1 saturated carbocycles. The lowest BCUT2D eigenvalue weighted by molar-refractivity contribution is -0.133. The Morgan fingerprint density at radius 3 is 2.45 bits per heavy atom. The van der Waals surface area contributed by atoms with Crippen LogP contribution < -0.4 is 5.32 Å². The van der Waals surface area contributed by atoms with E-state index < -0.39 is 0 Å². The molecule has 2 fully saturated rings. The summed E-state index contributed by atoms with van der Waals surface area (Å²) in [6, 6.07) is 3.61. The van der Waals surface area contributed by atoms with Crippen molar-refractivity contribution in [3.05, 3.63) is 23.7 Å². The number of hydrogen-bond donors (Lipinski definition) is 1. The largest absolute Gasteiger partial charge is 0.456 e. The molecule has 2 heterocycles. The van der Waals surface area contributed by atoms with Crippen LogP contribution in [0.5, 0.6) is 0 Å². The van der Waals surface area contributed by atoms with Crippen LogP contribution in [0.4, 0.5) is 0 Å². The maximum Gasteiger partial charge on any atom is 0.287 e. The maximum absolute atomic E-state index is 12.0. The Bertz CT molecular complexity index is 511. The maximum atomic E-state index is 12.0. The zero-order chi connectivity index (χ0) is 14.1. The topological polar surface area (TPSA) is 62.6 Å². The quantitative estimate of drug-likeness (QED) is 0.914. The van der Waals surface area contributed by atoms with Crippen LogP contribution >= 0.6 is 0 Å². The van der Waals surface area contributed by atoms with Crippen LogP contribution in [0.25, 0.3) is 0 Å². The second-order valence-corrected chi connectivity index (χ2v) is 5.76. The summed E-state index contributed by atoms with van der Waals surface area (Å²) in [7, 11) is 0. The molecule has 5 heteroatoms. The van der Waals surface area contributed by atoms with E-state index in [2.05, 4.69) is 5.32 Å². The van der Waals surface area contributed by atoms with E-state index in [-0.39, 0.29) is 17.9 Å². The van der Waals surface area contributed by atoms with Gasteiger partial charge >= 0.3 is 0 Å². The predicted octanol–water partition coefficient (Wildman–Crippen LogP) is 1.72. The van der Waals surface area contributed by atoms with Gasteiger partial charge in [-0.2, -0.15) is 0 Å². The summed E-state index contributed by atoms with van der Waals surface area (Å²) in [4.78, 5) is 25.9. The van der Waals surface area contributed by atoms with Crippen LogP contribution in [0, 0.1) is 12.8 Å². The number of amides is 2. The highest BCUT2D eigenvalue weighted by atomic mass is 16.3. The number of carbonyl (C=O) groups excluding carboxylic acids is 2. The number of hydrogen-bond acceptors (Lipinski definition) is 3. The van der Waals surface area contributed by atoms with Gasteiger partial charge < -0.3 is 14.6 Å². The van der Waals surface area contributed by atoms with Crippen LogP contribution in [0.1, 0.15) is 42.0 Å². The summed E-state index contributed by atoms with van der Waals surface area (Å²) >= 11 is 0. The third-order valence-electron chi connectivity index (χ3n) is 4.03. The average molecular weight is 276 g/mol. The minimum absolute atomic E-state index is 0.135. The SMILES string of the molecule is Cc1ccc(C(=O)NC2CCN(C(=O)C3CC3)CC2)o1. The number of carbonyl (C=O) groups is 2. The molecule has 1 aliphatic carbocycles. The number of piperidine rings is 1. The summed E-state index contributed by atoms with van der Waals surface area (Å²) in [6.07, 6.45) is 3.74. The van der Waals surface area contributed by atoms with Crippen LogP contribution in [0.15, 0.2) is 16.5 Å². The molecule has 0 bridgehead atoms. The van der Waals surface area contributed by atoms with Crippen molar-refractivity contribution in [3.8, 4) is 0 Å². The number of aryl methyl sites for hydroxylation is 1. The Labute approximate surface area is 118 Å². The highest BCUT2D eigenvalue weighted by Gasteiger charge is 2.35. The normalized spacial score (nSPS) is 19.9. The minimum atomic E-state index is -0.162. The fraction of sp³-hybridized carbons (Fsp3) is 0.600. The van der Waals surface area contributed by atoms with Crippen molar-refractivity contribution < 1.29 is 14.0 Å². The molecule has 1 aromatic heterocycles. The number of likely N-dealkylation sites (tertiary alicyclic amines) is 1. The fourth-order valence-corrected chi connectivity index (χ4v) is 2.65. The standard InChI is InChI=1S/C15H20N2O3/c1-10-2-5-13(20-10)14(18)16-12-6-8-17(9-7-12)15(19)11-3-4-11/h2,5,11-12H,3-4,6-9H2,1H3,(H,16,18). The third kappa shape index (κ3) is 2.86. The zero-order valence-corrected chi connectivity index (χ0v) is 11.7. The van der Waals surface area contributed by atoms with Gasteiger partial charge in [0.2, 0.25) is 5.91 Å². The molecule has 2 aliphatic rings. The first kappa shape index (κ1) is 13.2. The van der Waals surface area contributed by atoms with E-state index in [1.165, 1.54) is 0 Å². The van der Waals surface area contributed by atoms with Crippen molar-refractivity contribution in [2.75, 3.05) is 13.1 Å². The van der Waals surface area contributed by atoms with E-state index in [1.807, 2.05) is 11.8 Å².